The minimum Gasteiger partial charge on any atom is -0.465 e. The van der Waals surface area contributed by atoms with Crippen molar-refractivity contribution >= 4 is 11.8 Å². The predicted octanol–water partition coefficient (Wildman–Crippen LogP) is 3.26. The average molecular weight is 288 g/mol. The number of halogens is 3. The average Bonchev–Trinajstić information content (AvgIpc) is 2.38. The fourth-order valence-electron chi connectivity index (χ4n) is 2.29. The number of anilines is 1. The predicted molar refractivity (Wildman–Crippen MR) is 67.7 cm³/mol. The van der Waals surface area contributed by atoms with E-state index >= 15 is 0 Å². The lowest BCUT2D eigenvalue weighted by Gasteiger charge is -2.31. The number of nitrogens with zero attached hydrogens (tertiary/aromatic N) is 1. The third-order valence-corrected chi connectivity index (χ3v) is 3.25. The van der Waals surface area contributed by atoms with E-state index in [1.807, 2.05) is 0 Å². The normalized spacial score (nSPS) is 19.8. The van der Waals surface area contributed by atoms with E-state index in [-0.39, 0.29) is 12.6 Å². The molecule has 2 N–H and O–H groups in total. The van der Waals surface area contributed by atoms with Crippen molar-refractivity contribution in [3.05, 3.63) is 29.8 Å². The largest absolute Gasteiger partial charge is 0.465 e. The van der Waals surface area contributed by atoms with Crippen LogP contribution in [0.5, 0.6) is 0 Å². The Morgan fingerprint density at radius 2 is 2.15 bits per heavy atom. The van der Waals surface area contributed by atoms with Crippen molar-refractivity contribution in [2.75, 3.05) is 18.4 Å². The molecule has 0 saturated carbocycles. The van der Waals surface area contributed by atoms with Crippen molar-refractivity contribution in [2.24, 2.45) is 0 Å². The molecule has 0 aromatic heterocycles. The van der Waals surface area contributed by atoms with E-state index in [0.29, 0.717) is 18.7 Å². The van der Waals surface area contributed by atoms with Crippen molar-refractivity contribution in [3.63, 3.8) is 0 Å². The number of hydrogen-bond acceptors (Lipinski definition) is 2. The summed E-state index contributed by atoms with van der Waals surface area (Å²) in [4.78, 5) is 12.2. The summed E-state index contributed by atoms with van der Waals surface area (Å²) in [5.41, 5.74) is -0.356. The molecule has 2 rings (SSSR count). The molecule has 0 bridgehead atoms. The summed E-state index contributed by atoms with van der Waals surface area (Å²) in [6, 6.07) is 4.77. The zero-order valence-electron chi connectivity index (χ0n) is 10.7. The van der Waals surface area contributed by atoms with Gasteiger partial charge in [0.05, 0.1) is 5.56 Å². The first kappa shape index (κ1) is 14.5. The summed E-state index contributed by atoms with van der Waals surface area (Å²) in [7, 11) is 0. The quantitative estimate of drug-likeness (QED) is 0.878. The van der Waals surface area contributed by atoms with Gasteiger partial charge in [0, 0.05) is 24.8 Å². The van der Waals surface area contributed by atoms with Crippen molar-refractivity contribution < 1.29 is 23.1 Å². The summed E-state index contributed by atoms with van der Waals surface area (Å²) < 4.78 is 37.8. The monoisotopic (exact) mass is 288 g/mol. The van der Waals surface area contributed by atoms with Crippen molar-refractivity contribution in [1.29, 1.82) is 0 Å². The van der Waals surface area contributed by atoms with Crippen LogP contribution in [-0.4, -0.2) is 35.2 Å². The molecule has 1 saturated heterocycles. The second kappa shape index (κ2) is 5.60. The third-order valence-electron chi connectivity index (χ3n) is 3.25. The van der Waals surface area contributed by atoms with Gasteiger partial charge in [0.2, 0.25) is 0 Å². The molecule has 1 unspecified atom stereocenters. The van der Waals surface area contributed by atoms with Crippen molar-refractivity contribution in [2.45, 2.75) is 25.1 Å². The highest BCUT2D eigenvalue weighted by Gasteiger charge is 2.30. The number of amides is 1. The molecular weight excluding hydrogens is 273 g/mol. The van der Waals surface area contributed by atoms with E-state index in [9.17, 15) is 18.0 Å². The van der Waals surface area contributed by atoms with Crippen LogP contribution in [0.3, 0.4) is 0 Å². The lowest BCUT2D eigenvalue weighted by molar-refractivity contribution is -0.137. The van der Waals surface area contributed by atoms with Gasteiger partial charge in [0.15, 0.2) is 0 Å². The van der Waals surface area contributed by atoms with E-state index < -0.39 is 17.8 Å². The van der Waals surface area contributed by atoms with Crippen LogP contribution in [0.15, 0.2) is 24.3 Å². The first-order valence-corrected chi connectivity index (χ1v) is 6.28. The molecule has 1 fully saturated rings. The van der Waals surface area contributed by atoms with Gasteiger partial charge in [-0.3, -0.25) is 0 Å². The van der Waals surface area contributed by atoms with Crippen molar-refractivity contribution in [3.8, 4) is 0 Å². The van der Waals surface area contributed by atoms with Crippen LogP contribution in [0.25, 0.3) is 0 Å². The molecule has 4 nitrogen and oxygen atoms in total. The molecule has 0 radical (unpaired) electrons. The minimum absolute atomic E-state index is 0.164. The van der Waals surface area contributed by atoms with Crippen LogP contribution in [0, 0.1) is 0 Å². The smallest absolute Gasteiger partial charge is 0.416 e. The number of rotatable bonds is 2. The number of piperidine rings is 1. The molecule has 1 atom stereocenters. The second-order valence-corrected chi connectivity index (χ2v) is 4.79. The standard InChI is InChI=1S/C13H15F3N2O2/c14-13(15,16)9-3-1-4-10(7-9)17-11-5-2-6-18(8-11)12(19)20/h1,3-4,7,11,17H,2,5-6,8H2,(H,19,20). The van der Waals surface area contributed by atoms with Gasteiger partial charge in [-0.2, -0.15) is 13.2 Å². The van der Waals surface area contributed by atoms with Crippen LogP contribution in [0.4, 0.5) is 23.7 Å². The zero-order chi connectivity index (χ0) is 14.8. The van der Waals surface area contributed by atoms with Gasteiger partial charge in [-0.15, -0.1) is 0 Å². The summed E-state index contributed by atoms with van der Waals surface area (Å²) in [5.74, 6) is 0. The SMILES string of the molecule is O=C(O)N1CCCC(Nc2cccc(C(F)(F)F)c2)C1. The summed E-state index contributed by atoms with van der Waals surface area (Å²) in [5, 5.41) is 11.9. The molecule has 20 heavy (non-hydrogen) atoms. The van der Waals surface area contributed by atoms with Gasteiger partial charge in [0.1, 0.15) is 0 Å². The van der Waals surface area contributed by atoms with E-state index in [0.717, 1.165) is 18.6 Å². The Labute approximate surface area is 114 Å². The van der Waals surface area contributed by atoms with Crippen molar-refractivity contribution in [1.82, 2.24) is 4.90 Å². The number of hydrogen-bond donors (Lipinski definition) is 2. The van der Waals surface area contributed by atoms with Gasteiger partial charge in [-0.05, 0) is 31.0 Å². The molecule has 1 aromatic carbocycles. The number of nitrogens with one attached hydrogen (secondary N) is 1. The van der Waals surface area contributed by atoms with E-state index in [2.05, 4.69) is 5.32 Å². The van der Waals surface area contributed by atoms with Gasteiger partial charge in [-0.25, -0.2) is 4.79 Å². The van der Waals surface area contributed by atoms with Crippen LogP contribution in [0.1, 0.15) is 18.4 Å². The van der Waals surface area contributed by atoms with Crippen LogP contribution < -0.4 is 5.32 Å². The molecule has 1 aliphatic heterocycles. The van der Waals surface area contributed by atoms with Gasteiger partial charge < -0.3 is 15.3 Å². The molecular formula is C13H15F3N2O2. The maximum Gasteiger partial charge on any atom is 0.416 e. The molecule has 1 amide bonds. The summed E-state index contributed by atoms with van der Waals surface area (Å²) >= 11 is 0. The van der Waals surface area contributed by atoms with Crippen LogP contribution >= 0.6 is 0 Å². The highest BCUT2D eigenvalue weighted by Crippen LogP contribution is 2.31. The number of alkyl halides is 3. The van der Waals surface area contributed by atoms with E-state index in [4.69, 9.17) is 5.11 Å². The zero-order valence-corrected chi connectivity index (χ0v) is 10.7. The van der Waals surface area contributed by atoms with Gasteiger partial charge in [0.25, 0.3) is 0 Å². The van der Waals surface area contributed by atoms with Crippen LogP contribution in [-0.2, 0) is 6.18 Å². The number of likely N-dealkylation sites (tertiary alicyclic amines) is 1. The molecule has 1 heterocycles. The lowest BCUT2D eigenvalue weighted by atomic mass is 10.1. The molecule has 1 aromatic rings. The Morgan fingerprint density at radius 3 is 2.80 bits per heavy atom. The lowest BCUT2D eigenvalue weighted by Crippen LogP contribution is -2.44. The number of carbonyl (C=O) groups is 1. The third kappa shape index (κ3) is 3.55. The Kier molecular flexibility index (Phi) is 4.06. The molecule has 7 heteroatoms. The molecule has 0 spiro atoms. The summed E-state index contributed by atoms with van der Waals surface area (Å²) in [6.45, 7) is 0.752. The number of benzene rings is 1. The highest BCUT2D eigenvalue weighted by molar-refractivity contribution is 5.65. The van der Waals surface area contributed by atoms with Gasteiger partial charge in [-0.1, -0.05) is 6.07 Å². The maximum absolute atomic E-state index is 12.6. The minimum atomic E-state index is -4.38. The Hall–Kier alpha value is -1.92. The van der Waals surface area contributed by atoms with Crippen LogP contribution in [0.2, 0.25) is 0 Å². The first-order valence-electron chi connectivity index (χ1n) is 6.28. The first-order chi connectivity index (χ1) is 9.36. The van der Waals surface area contributed by atoms with E-state index in [1.165, 1.54) is 11.0 Å². The fourth-order valence-corrected chi connectivity index (χ4v) is 2.29. The Balaban J connectivity index is 2.04. The molecule has 110 valence electrons. The number of carboxylic acid groups (broad SMARTS) is 1. The highest BCUT2D eigenvalue weighted by atomic mass is 19.4. The maximum atomic E-state index is 12.6. The summed E-state index contributed by atoms with van der Waals surface area (Å²) in [6.07, 6.45) is -3.94. The Bertz CT molecular complexity index is 491. The second-order valence-electron chi connectivity index (χ2n) is 4.79. The topological polar surface area (TPSA) is 52.6 Å². The molecule has 1 aliphatic rings. The van der Waals surface area contributed by atoms with E-state index in [1.54, 1.807) is 6.07 Å². The van der Waals surface area contributed by atoms with Gasteiger partial charge >= 0.3 is 12.3 Å². The fraction of sp³-hybridized carbons (Fsp3) is 0.462. The molecule has 0 aliphatic carbocycles. The Morgan fingerprint density at radius 1 is 1.40 bits per heavy atom.